The van der Waals surface area contributed by atoms with E-state index in [1.54, 1.807) is 12.1 Å². The van der Waals surface area contributed by atoms with Crippen LogP contribution in [0.4, 0.5) is 0 Å². The molecule has 0 bridgehead atoms. The van der Waals surface area contributed by atoms with Gasteiger partial charge in [-0.25, -0.2) is 18.5 Å². The molecule has 0 aliphatic carbocycles. The first-order chi connectivity index (χ1) is 13.5. The van der Waals surface area contributed by atoms with E-state index in [0.717, 1.165) is 23.4 Å². The highest BCUT2D eigenvalue weighted by Gasteiger charge is 2.18. The SMILES string of the molecule is NS(=O)(=O)c1ccc(-c2oc(CCn3cccc3)nc2-c2ccccc2)cc1. The summed E-state index contributed by atoms with van der Waals surface area (Å²) >= 11 is 0. The Labute approximate surface area is 163 Å². The fourth-order valence-electron chi connectivity index (χ4n) is 3.00. The number of benzene rings is 2. The van der Waals surface area contributed by atoms with Crippen molar-refractivity contribution >= 4 is 10.0 Å². The fourth-order valence-corrected chi connectivity index (χ4v) is 3.51. The Kier molecular flexibility index (Phi) is 4.85. The molecular weight excluding hydrogens is 374 g/mol. The van der Waals surface area contributed by atoms with Crippen LogP contribution in [0.5, 0.6) is 0 Å². The number of nitrogens with zero attached hydrogens (tertiary/aromatic N) is 2. The summed E-state index contributed by atoms with van der Waals surface area (Å²) in [5.74, 6) is 1.23. The van der Waals surface area contributed by atoms with Gasteiger partial charge < -0.3 is 8.98 Å². The molecule has 2 heterocycles. The molecule has 0 fully saturated rings. The summed E-state index contributed by atoms with van der Waals surface area (Å²) in [5.41, 5.74) is 2.40. The standard InChI is InChI=1S/C21H19N3O3S/c22-28(25,26)18-10-8-17(9-11-18)21-20(16-6-2-1-3-7-16)23-19(27-21)12-15-24-13-4-5-14-24/h1-11,13-14H,12,15H2,(H2,22,25,26). The van der Waals surface area contributed by atoms with Crippen LogP contribution >= 0.6 is 0 Å². The van der Waals surface area contributed by atoms with Crippen LogP contribution in [0.1, 0.15) is 5.89 Å². The van der Waals surface area contributed by atoms with E-state index in [0.29, 0.717) is 18.1 Å². The molecule has 4 aromatic rings. The molecule has 142 valence electrons. The van der Waals surface area contributed by atoms with Gasteiger partial charge in [-0.15, -0.1) is 0 Å². The number of aryl methyl sites for hydroxylation is 2. The zero-order valence-corrected chi connectivity index (χ0v) is 15.8. The number of hydrogen-bond acceptors (Lipinski definition) is 4. The van der Waals surface area contributed by atoms with E-state index in [4.69, 9.17) is 14.5 Å². The second kappa shape index (κ2) is 7.46. The molecule has 0 unspecified atom stereocenters. The van der Waals surface area contributed by atoms with Crippen molar-refractivity contribution in [3.63, 3.8) is 0 Å². The summed E-state index contributed by atoms with van der Waals surface area (Å²) in [7, 11) is -3.74. The van der Waals surface area contributed by atoms with Crippen molar-refractivity contribution in [2.75, 3.05) is 0 Å². The largest absolute Gasteiger partial charge is 0.440 e. The number of oxazole rings is 1. The molecular formula is C21H19N3O3S. The molecule has 0 saturated carbocycles. The molecule has 4 rings (SSSR count). The van der Waals surface area contributed by atoms with Gasteiger partial charge in [0.25, 0.3) is 0 Å². The molecule has 0 spiro atoms. The first-order valence-electron chi connectivity index (χ1n) is 8.80. The third-order valence-electron chi connectivity index (χ3n) is 4.41. The van der Waals surface area contributed by atoms with E-state index in [1.165, 1.54) is 12.1 Å². The molecule has 0 radical (unpaired) electrons. The van der Waals surface area contributed by atoms with Crippen LogP contribution in [0.3, 0.4) is 0 Å². The summed E-state index contributed by atoms with van der Waals surface area (Å²) in [5, 5.41) is 5.19. The lowest BCUT2D eigenvalue weighted by Gasteiger charge is -2.03. The number of primary sulfonamides is 1. The fraction of sp³-hybridized carbons (Fsp3) is 0.0952. The van der Waals surface area contributed by atoms with Crippen LogP contribution in [0.15, 0.2) is 88.4 Å². The molecule has 0 saturated heterocycles. The Morgan fingerprint density at radius 1 is 0.893 bits per heavy atom. The lowest BCUT2D eigenvalue weighted by atomic mass is 10.1. The van der Waals surface area contributed by atoms with Gasteiger partial charge in [0, 0.05) is 36.5 Å². The molecule has 0 aliphatic rings. The quantitative estimate of drug-likeness (QED) is 0.541. The zero-order valence-electron chi connectivity index (χ0n) is 15.0. The lowest BCUT2D eigenvalue weighted by Crippen LogP contribution is -2.11. The summed E-state index contributed by atoms with van der Waals surface area (Å²) in [6.45, 7) is 0.755. The first-order valence-corrected chi connectivity index (χ1v) is 10.3. The molecule has 2 N–H and O–H groups in total. The summed E-state index contributed by atoms with van der Waals surface area (Å²) in [6, 6.07) is 20.0. The Hall–Kier alpha value is -3.16. The van der Waals surface area contributed by atoms with E-state index in [9.17, 15) is 8.42 Å². The van der Waals surface area contributed by atoms with Gasteiger partial charge in [-0.1, -0.05) is 30.3 Å². The minimum Gasteiger partial charge on any atom is -0.440 e. The number of rotatable bonds is 6. The van der Waals surface area contributed by atoms with Gasteiger partial charge in [-0.2, -0.15) is 0 Å². The minimum absolute atomic E-state index is 0.0601. The molecule has 0 aliphatic heterocycles. The van der Waals surface area contributed by atoms with Crippen molar-refractivity contribution < 1.29 is 12.8 Å². The van der Waals surface area contributed by atoms with Gasteiger partial charge >= 0.3 is 0 Å². The Balaban J connectivity index is 1.72. The van der Waals surface area contributed by atoms with Crippen molar-refractivity contribution in [1.29, 1.82) is 0 Å². The molecule has 28 heavy (non-hydrogen) atoms. The van der Waals surface area contributed by atoms with Crippen molar-refractivity contribution in [2.45, 2.75) is 17.9 Å². The van der Waals surface area contributed by atoms with Gasteiger partial charge in [0.2, 0.25) is 10.0 Å². The van der Waals surface area contributed by atoms with Gasteiger partial charge in [0.1, 0.15) is 5.69 Å². The number of nitrogens with two attached hydrogens (primary N) is 1. The van der Waals surface area contributed by atoms with Crippen molar-refractivity contribution in [3.8, 4) is 22.6 Å². The van der Waals surface area contributed by atoms with Gasteiger partial charge in [0.05, 0.1) is 4.90 Å². The van der Waals surface area contributed by atoms with Gasteiger partial charge in [-0.3, -0.25) is 0 Å². The topological polar surface area (TPSA) is 91.1 Å². The monoisotopic (exact) mass is 393 g/mol. The van der Waals surface area contributed by atoms with Crippen molar-refractivity contribution in [3.05, 3.63) is 85.0 Å². The van der Waals surface area contributed by atoms with E-state index in [2.05, 4.69) is 4.57 Å². The third kappa shape index (κ3) is 3.90. The van der Waals surface area contributed by atoms with Crippen LogP contribution in [0.2, 0.25) is 0 Å². The average Bonchev–Trinajstić information content (AvgIpc) is 3.36. The predicted octanol–water partition coefficient (Wildman–Crippen LogP) is 3.70. The number of hydrogen-bond donors (Lipinski definition) is 1. The van der Waals surface area contributed by atoms with Crippen LogP contribution < -0.4 is 5.14 Å². The molecule has 2 aromatic carbocycles. The minimum atomic E-state index is -3.74. The molecule has 7 heteroatoms. The Morgan fingerprint density at radius 2 is 1.57 bits per heavy atom. The van der Waals surface area contributed by atoms with Gasteiger partial charge in [-0.05, 0) is 36.4 Å². The highest BCUT2D eigenvalue weighted by atomic mass is 32.2. The second-order valence-electron chi connectivity index (χ2n) is 6.39. The van der Waals surface area contributed by atoms with E-state index in [-0.39, 0.29) is 4.90 Å². The average molecular weight is 393 g/mol. The first kappa shape index (κ1) is 18.2. The number of sulfonamides is 1. The van der Waals surface area contributed by atoms with E-state index >= 15 is 0 Å². The maximum absolute atomic E-state index is 11.5. The third-order valence-corrected chi connectivity index (χ3v) is 5.34. The maximum Gasteiger partial charge on any atom is 0.238 e. The second-order valence-corrected chi connectivity index (χ2v) is 7.95. The van der Waals surface area contributed by atoms with E-state index < -0.39 is 10.0 Å². The summed E-state index contributed by atoms with van der Waals surface area (Å²) < 4.78 is 31.2. The Bertz CT molecular complexity index is 1160. The summed E-state index contributed by atoms with van der Waals surface area (Å²) in [6.07, 6.45) is 4.63. The Morgan fingerprint density at radius 3 is 2.21 bits per heavy atom. The normalized spacial score (nSPS) is 11.6. The molecule has 6 nitrogen and oxygen atoms in total. The molecule has 0 atom stereocenters. The molecule has 2 aromatic heterocycles. The smallest absolute Gasteiger partial charge is 0.238 e. The van der Waals surface area contributed by atoms with Gasteiger partial charge in [0.15, 0.2) is 11.7 Å². The zero-order chi connectivity index (χ0) is 19.6. The highest BCUT2D eigenvalue weighted by Crippen LogP contribution is 2.33. The van der Waals surface area contributed by atoms with Crippen LogP contribution in [-0.2, 0) is 23.0 Å². The van der Waals surface area contributed by atoms with Crippen molar-refractivity contribution in [1.82, 2.24) is 9.55 Å². The lowest BCUT2D eigenvalue weighted by molar-refractivity contribution is 0.487. The van der Waals surface area contributed by atoms with E-state index in [1.807, 2.05) is 54.9 Å². The van der Waals surface area contributed by atoms with Crippen LogP contribution in [0, 0.1) is 0 Å². The predicted molar refractivity (Wildman–Crippen MR) is 107 cm³/mol. The van der Waals surface area contributed by atoms with Crippen molar-refractivity contribution in [2.24, 2.45) is 5.14 Å². The summed E-state index contributed by atoms with van der Waals surface area (Å²) in [4.78, 5) is 4.76. The van der Waals surface area contributed by atoms with Crippen LogP contribution in [0.25, 0.3) is 22.6 Å². The number of aromatic nitrogens is 2. The maximum atomic E-state index is 11.5. The highest BCUT2D eigenvalue weighted by molar-refractivity contribution is 7.89. The van der Waals surface area contributed by atoms with Crippen LogP contribution in [-0.4, -0.2) is 18.0 Å². The molecule has 0 amide bonds.